The van der Waals surface area contributed by atoms with Crippen LogP contribution in [0.2, 0.25) is 5.02 Å². The smallest absolute Gasteiger partial charge is 0.0468 e. The molecule has 1 aliphatic heterocycles. The standard InChI is InChI=1S/C12H16ClNOS/c13-10-1-2-11(14)12(7-10)16-8-9-3-5-15-6-4-9/h1-2,7,9H,3-6,8,14H2. The average molecular weight is 258 g/mol. The zero-order chi connectivity index (χ0) is 11.4. The number of hydrogen-bond acceptors (Lipinski definition) is 3. The van der Waals surface area contributed by atoms with Gasteiger partial charge in [-0.2, -0.15) is 0 Å². The van der Waals surface area contributed by atoms with Gasteiger partial charge in [0.15, 0.2) is 0 Å². The normalized spacial score (nSPS) is 17.6. The van der Waals surface area contributed by atoms with Crippen LogP contribution in [0.1, 0.15) is 12.8 Å². The molecule has 1 aromatic rings. The largest absolute Gasteiger partial charge is 0.398 e. The highest BCUT2D eigenvalue weighted by Crippen LogP contribution is 2.31. The van der Waals surface area contributed by atoms with E-state index in [1.807, 2.05) is 18.2 Å². The summed E-state index contributed by atoms with van der Waals surface area (Å²) in [6.07, 6.45) is 2.32. The molecule has 0 spiro atoms. The summed E-state index contributed by atoms with van der Waals surface area (Å²) >= 11 is 7.75. The summed E-state index contributed by atoms with van der Waals surface area (Å²) in [5, 5.41) is 0.753. The molecule has 0 atom stereocenters. The molecule has 2 rings (SSSR count). The van der Waals surface area contributed by atoms with Crippen molar-refractivity contribution in [2.75, 3.05) is 24.7 Å². The van der Waals surface area contributed by atoms with E-state index in [1.54, 1.807) is 11.8 Å². The van der Waals surface area contributed by atoms with Gasteiger partial charge in [0.05, 0.1) is 0 Å². The minimum absolute atomic E-state index is 0.747. The number of halogens is 1. The molecule has 1 aliphatic rings. The number of thioether (sulfide) groups is 1. The molecule has 1 fully saturated rings. The predicted molar refractivity (Wildman–Crippen MR) is 70.1 cm³/mol. The first-order valence-electron chi connectivity index (χ1n) is 5.51. The second kappa shape index (κ2) is 5.80. The Morgan fingerprint density at radius 1 is 1.38 bits per heavy atom. The highest BCUT2D eigenvalue weighted by molar-refractivity contribution is 7.99. The Balaban J connectivity index is 1.90. The van der Waals surface area contributed by atoms with Gasteiger partial charge in [-0.1, -0.05) is 11.6 Å². The van der Waals surface area contributed by atoms with Crippen molar-refractivity contribution < 1.29 is 4.74 Å². The first-order chi connectivity index (χ1) is 7.75. The summed E-state index contributed by atoms with van der Waals surface area (Å²) in [5.74, 6) is 1.85. The fraction of sp³-hybridized carbons (Fsp3) is 0.500. The van der Waals surface area contributed by atoms with E-state index in [9.17, 15) is 0 Å². The molecule has 88 valence electrons. The predicted octanol–water partition coefficient (Wildman–Crippen LogP) is 3.44. The lowest BCUT2D eigenvalue weighted by atomic mass is 10.0. The number of anilines is 1. The van der Waals surface area contributed by atoms with E-state index in [0.29, 0.717) is 0 Å². The summed E-state index contributed by atoms with van der Waals surface area (Å²) in [4.78, 5) is 1.10. The monoisotopic (exact) mass is 257 g/mol. The lowest BCUT2D eigenvalue weighted by molar-refractivity contribution is 0.0728. The van der Waals surface area contributed by atoms with E-state index in [0.717, 1.165) is 53.3 Å². The third-order valence-corrected chi connectivity index (χ3v) is 4.33. The maximum atomic E-state index is 5.95. The van der Waals surface area contributed by atoms with Crippen molar-refractivity contribution in [2.45, 2.75) is 17.7 Å². The highest BCUT2D eigenvalue weighted by atomic mass is 35.5. The number of ether oxygens (including phenoxy) is 1. The number of rotatable bonds is 3. The molecule has 2 N–H and O–H groups in total. The molecule has 0 aliphatic carbocycles. The molecule has 0 unspecified atom stereocenters. The van der Waals surface area contributed by atoms with Gasteiger partial charge in [0.25, 0.3) is 0 Å². The maximum Gasteiger partial charge on any atom is 0.0468 e. The molecule has 1 saturated heterocycles. The first kappa shape index (κ1) is 12.1. The van der Waals surface area contributed by atoms with Gasteiger partial charge >= 0.3 is 0 Å². The Bertz CT molecular complexity index is 353. The topological polar surface area (TPSA) is 35.2 Å². The molecule has 0 saturated carbocycles. The zero-order valence-corrected chi connectivity index (χ0v) is 10.7. The van der Waals surface area contributed by atoms with Crippen LogP contribution in [-0.4, -0.2) is 19.0 Å². The fourth-order valence-corrected chi connectivity index (χ4v) is 3.18. The van der Waals surface area contributed by atoms with E-state index in [-0.39, 0.29) is 0 Å². The van der Waals surface area contributed by atoms with E-state index in [1.165, 1.54) is 0 Å². The van der Waals surface area contributed by atoms with Crippen LogP contribution in [0.25, 0.3) is 0 Å². The molecule has 2 nitrogen and oxygen atoms in total. The molecule has 1 heterocycles. The third-order valence-electron chi connectivity index (χ3n) is 2.79. The van der Waals surface area contributed by atoms with Crippen molar-refractivity contribution in [3.8, 4) is 0 Å². The molecular formula is C12H16ClNOS. The first-order valence-corrected chi connectivity index (χ1v) is 6.87. The van der Waals surface area contributed by atoms with Crippen molar-refractivity contribution in [1.82, 2.24) is 0 Å². The molecule has 1 aromatic carbocycles. The number of nitrogens with two attached hydrogens (primary N) is 1. The number of benzene rings is 1. The van der Waals surface area contributed by atoms with Gasteiger partial charge in [0.2, 0.25) is 0 Å². The Labute approximate surface area is 105 Å². The second-order valence-electron chi connectivity index (χ2n) is 4.05. The SMILES string of the molecule is Nc1ccc(Cl)cc1SCC1CCOCC1. The summed E-state index contributed by atoms with van der Waals surface area (Å²) in [6.45, 7) is 1.80. The Morgan fingerprint density at radius 3 is 2.88 bits per heavy atom. The van der Waals surface area contributed by atoms with Gasteiger partial charge in [0.1, 0.15) is 0 Å². The van der Waals surface area contributed by atoms with Crippen LogP contribution in [0.5, 0.6) is 0 Å². The number of hydrogen-bond donors (Lipinski definition) is 1. The van der Waals surface area contributed by atoms with Crippen molar-refractivity contribution in [2.24, 2.45) is 5.92 Å². The maximum absolute atomic E-state index is 5.95. The van der Waals surface area contributed by atoms with Crippen molar-refractivity contribution in [3.63, 3.8) is 0 Å². The zero-order valence-electron chi connectivity index (χ0n) is 9.12. The lowest BCUT2D eigenvalue weighted by Gasteiger charge is -2.21. The summed E-state index contributed by atoms with van der Waals surface area (Å²) < 4.78 is 5.34. The van der Waals surface area contributed by atoms with E-state index < -0.39 is 0 Å². The van der Waals surface area contributed by atoms with Crippen LogP contribution in [-0.2, 0) is 4.74 Å². The lowest BCUT2D eigenvalue weighted by Crippen LogP contribution is -2.17. The molecule has 16 heavy (non-hydrogen) atoms. The highest BCUT2D eigenvalue weighted by Gasteiger charge is 2.14. The summed E-state index contributed by atoms with van der Waals surface area (Å²) in [7, 11) is 0. The van der Waals surface area contributed by atoms with Gasteiger partial charge in [-0.3, -0.25) is 0 Å². The average Bonchev–Trinajstić information content (AvgIpc) is 2.32. The molecular weight excluding hydrogens is 242 g/mol. The van der Waals surface area contributed by atoms with E-state index in [2.05, 4.69) is 0 Å². The molecule has 0 bridgehead atoms. The van der Waals surface area contributed by atoms with Crippen LogP contribution < -0.4 is 5.73 Å². The number of nitrogen functional groups attached to an aromatic ring is 1. The van der Waals surface area contributed by atoms with E-state index >= 15 is 0 Å². The van der Waals surface area contributed by atoms with E-state index in [4.69, 9.17) is 22.1 Å². The second-order valence-corrected chi connectivity index (χ2v) is 5.55. The summed E-state index contributed by atoms with van der Waals surface area (Å²) in [6, 6.07) is 5.64. The fourth-order valence-electron chi connectivity index (χ4n) is 1.75. The van der Waals surface area contributed by atoms with Crippen molar-refractivity contribution in [1.29, 1.82) is 0 Å². The van der Waals surface area contributed by atoms with Gasteiger partial charge in [-0.25, -0.2) is 0 Å². The Morgan fingerprint density at radius 2 is 2.12 bits per heavy atom. The van der Waals surface area contributed by atoms with Crippen LogP contribution in [0, 0.1) is 5.92 Å². The molecule has 0 aromatic heterocycles. The van der Waals surface area contributed by atoms with Crippen LogP contribution >= 0.6 is 23.4 Å². The van der Waals surface area contributed by atoms with Crippen LogP contribution in [0.4, 0.5) is 5.69 Å². The third kappa shape index (κ3) is 3.30. The van der Waals surface area contributed by atoms with Gasteiger partial charge in [-0.15, -0.1) is 11.8 Å². The Kier molecular flexibility index (Phi) is 4.38. The van der Waals surface area contributed by atoms with Crippen molar-refractivity contribution >= 4 is 29.1 Å². The minimum atomic E-state index is 0.747. The quantitative estimate of drug-likeness (QED) is 0.666. The minimum Gasteiger partial charge on any atom is -0.398 e. The van der Waals surface area contributed by atoms with Gasteiger partial charge in [-0.05, 0) is 37.0 Å². The van der Waals surface area contributed by atoms with Gasteiger partial charge < -0.3 is 10.5 Å². The molecule has 4 heteroatoms. The Hall–Kier alpha value is -0.380. The van der Waals surface area contributed by atoms with Crippen LogP contribution in [0.3, 0.4) is 0 Å². The van der Waals surface area contributed by atoms with Gasteiger partial charge in [0, 0.05) is 34.6 Å². The molecule has 0 radical (unpaired) electrons. The van der Waals surface area contributed by atoms with Crippen LogP contribution in [0.15, 0.2) is 23.1 Å². The summed E-state index contributed by atoms with van der Waals surface area (Å²) in [5.41, 5.74) is 6.72. The van der Waals surface area contributed by atoms with Crippen molar-refractivity contribution in [3.05, 3.63) is 23.2 Å². The molecule has 0 amide bonds.